The molecule has 4 rings (SSSR count). The van der Waals surface area contributed by atoms with E-state index in [4.69, 9.17) is 14.2 Å². The van der Waals surface area contributed by atoms with Crippen LogP contribution in [0, 0.1) is 0 Å². The van der Waals surface area contributed by atoms with Crippen LogP contribution in [0.1, 0.15) is 19.8 Å². The third-order valence-electron chi connectivity index (χ3n) is 6.24. The standard InChI is InChI=1S/C26H31N3O7S2/c1-18(36-21-11-9-20(34-2)10-12-21)16-27-26-25(35-3)15-24(17-28-26)38(32,33)29-19-13-23(14-19)37(30,31)22-7-5-4-6-8-22/h4-12,15,17-19,23,29H,13-14,16H2,1-3H3,(H,27,28). The third kappa shape index (κ3) is 6.37. The van der Waals surface area contributed by atoms with E-state index in [1.165, 1.54) is 19.4 Å². The van der Waals surface area contributed by atoms with Crippen molar-refractivity contribution in [3.05, 3.63) is 66.9 Å². The number of anilines is 1. The Morgan fingerprint density at radius 2 is 1.58 bits per heavy atom. The first-order chi connectivity index (χ1) is 18.1. The zero-order valence-corrected chi connectivity index (χ0v) is 23.0. The number of sulfonamides is 1. The minimum Gasteiger partial charge on any atom is -0.497 e. The molecule has 0 radical (unpaired) electrons. The molecule has 1 aliphatic carbocycles. The molecule has 1 unspecified atom stereocenters. The molecule has 0 saturated heterocycles. The molecular weight excluding hydrogens is 530 g/mol. The maximum Gasteiger partial charge on any atom is 0.242 e. The Morgan fingerprint density at radius 3 is 2.21 bits per heavy atom. The number of hydrogen-bond donors (Lipinski definition) is 2. The molecule has 0 aliphatic heterocycles. The Bertz CT molecular complexity index is 1440. The highest BCUT2D eigenvalue weighted by Crippen LogP contribution is 2.33. The topological polar surface area (TPSA) is 133 Å². The van der Waals surface area contributed by atoms with Gasteiger partial charge in [0.1, 0.15) is 22.5 Å². The van der Waals surface area contributed by atoms with Gasteiger partial charge in [-0.15, -0.1) is 0 Å². The highest BCUT2D eigenvalue weighted by Gasteiger charge is 2.41. The summed E-state index contributed by atoms with van der Waals surface area (Å²) in [5.74, 6) is 2.04. The summed E-state index contributed by atoms with van der Waals surface area (Å²) in [7, 11) is -4.41. The number of pyridine rings is 1. The number of aromatic nitrogens is 1. The first kappa shape index (κ1) is 27.7. The van der Waals surface area contributed by atoms with Crippen molar-refractivity contribution in [1.29, 1.82) is 0 Å². The zero-order valence-electron chi connectivity index (χ0n) is 21.3. The highest BCUT2D eigenvalue weighted by atomic mass is 32.2. The number of ether oxygens (including phenoxy) is 3. The molecule has 38 heavy (non-hydrogen) atoms. The zero-order chi connectivity index (χ0) is 27.3. The minimum absolute atomic E-state index is 0.0724. The van der Waals surface area contributed by atoms with Crippen LogP contribution >= 0.6 is 0 Å². The average molecular weight is 562 g/mol. The lowest BCUT2D eigenvalue weighted by Gasteiger charge is -2.35. The van der Waals surface area contributed by atoms with Crippen LogP contribution in [0.25, 0.3) is 0 Å². The molecule has 1 atom stereocenters. The van der Waals surface area contributed by atoms with Crippen LogP contribution in [0.4, 0.5) is 5.82 Å². The predicted octanol–water partition coefficient (Wildman–Crippen LogP) is 3.26. The van der Waals surface area contributed by atoms with Crippen molar-refractivity contribution in [3.8, 4) is 17.2 Å². The first-order valence-corrected chi connectivity index (χ1v) is 15.0. The summed E-state index contributed by atoms with van der Waals surface area (Å²) >= 11 is 0. The molecule has 1 fully saturated rings. The van der Waals surface area contributed by atoms with Crippen molar-refractivity contribution in [3.63, 3.8) is 0 Å². The van der Waals surface area contributed by atoms with E-state index in [2.05, 4.69) is 15.0 Å². The molecule has 2 N–H and O–H groups in total. The lowest BCUT2D eigenvalue weighted by atomic mass is 9.93. The molecule has 0 spiro atoms. The fourth-order valence-corrected chi connectivity index (χ4v) is 7.15. The maximum atomic E-state index is 13.0. The largest absolute Gasteiger partial charge is 0.497 e. The number of nitrogens with zero attached hydrogens (tertiary/aromatic N) is 1. The van der Waals surface area contributed by atoms with E-state index in [0.29, 0.717) is 18.1 Å². The van der Waals surface area contributed by atoms with E-state index >= 15 is 0 Å². The summed E-state index contributed by atoms with van der Waals surface area (Å²) in [5.41, 5.74) is 0. The Morgan fingerprint density at radius 1 is 0.921 bits per heavy atom. The van der Waals surface area contributed by atoms with Crippen molar-refractivity contribution in [2.45, 2.75) is 47.0 Å². The highest BCUT2D eigenvalue weighted by molar-refractivity contribution is 7.92. The molecule has 2 aromatic carbocycles. The van der Waals surface area contributed by atoms with Crippen LogP contribution < -0.4 is 24.2 Å². The van der Waals surface area contributed by atoms with Gasteiger partial charge in [0.05, 0.1) is 30.9 Å². The Hall–Kier alpha value is -3.35. The second kappa shape index (κ2) is 11.6. The van der Waals surface area contributed by atoms with Crippen molar-refractivity contribution >= 4 is 25.7 Å². The van der Waals surface area contributed by atoms with Crippen molar-refractivity contribution in [2.24, 2.45) is 0 Å². The van der Waals surface area contributed by atoms with Gasteiger partial charge in [0, 0.05) is 18.3 Å². The lowest BCUT2D eigenvalue weighted by Crippen LogP contribution is -2.49. The fourth-order valence-electron chi connectivity index (χ4n) is 4.04. The van der Waals surface area contributed by atoms with Gasteiger partial charge in [0.15, 0.2) is 21.4 Å². The molecule has 10 nitrogen and oxygen atoms in total. The Labute approximate surface area is 223 Å². The quantitative estimate of drug-likeness (QED) is 0.342. The monoisotopic (exact) mass is 561 g/mol. The summed E-state index contributed by atoms with van der Waals surface area (Å²) < 4.78 is 70.3. The first-order valence-electron chi connectivity index (χ1n) is 12.0. The number of rotatable bonds is 12. The van der Waals surface area contributed by atoms with Gasteiger partial charge in [-0.3, -0.25) is 0 Å². The van der Waals surface area contributed by atoms with Crippen LogP contribution in [0.15, 0.2) is 76.7 Å². The predicted molar refractivity (Wildman–Crippen MR) is 143 cm³/mol. The molecule has 12 heteroatoms. The van der Waals surface area contributed by atoms with Gasteiger partial charge in [-0.05, 0) is 56.2 Å². The van der Waals surface area contributed by atoms with Crippen molar-refractivity contribution < 1.29 is 31.0 Å². The second-order valence-electron chi connectivity index (χ2n) is 8.98. The molecule has 0 amide bonds. The third-order valence-corrected chi connectivity index (χ3v) is 9.92. The SMILES string of the molecule is COc1ccc(OC(C)CNc2ncc(S(=O)(=O)NC3CC(S(=O)(=O)c4ccccc4)C3)cc2OC)cc1. The van der Waals surface area contributed by atoms with Crippen molar-refractivity contribution in [2.75, 3.05) is 26.1 Å². The molecule has 1 heterocycles. The molecule has 1 aliphatic rings. The van der Waals surface area contributed by atoms with Crippen LogP contribution in [0.5, 0.6) is 17.2 Å². The van der Waals surface area contributed by atoms with E-state index in [1.54, 1.807) is 49.6 Å². The number of sulfone groups is 1. The van der Waals surface area contributed by atoms with Gasteiger partial charge >= 0.3 is 0 Å². The molecule has 204 valence electrons. The van der Waals surface area contributed by atoms with Gasteiger partial charge < -0.3 is 19.5 Å². The average Bonchev–Trinajstić information content (AvgIpc) is 2.90. The summed E-state index contributed by atoms with van der Waals surface area (Å²) in [6, 6.07) is 16.3. The Kier molecular flexibility index (Phi) is 8.44. The van der Waals surface area contributed by atoms with E-state index < -0.39 is 31.2 Å². The number of methoxy groups -OCH3 is 2. The van der Waals surface area contributed by atoms with E-state index in [9.17, 15) is 16.8 Å². The number of nitrogens with one attached hydrogen (secondary N) is 2. The fraction of sp³-hybridized carbons (Fsp3) is 0.346. The summed E-state index contributed by atoms with van der Waals surface area (Å²) in [6.07, 6.45) is 1.41. The molecular formula is C26H31N3O7S2. The smallest absolute Gasteiger partial charge is 0.242 e. The molecule has 3 aromatic rings. The summed E-state index contributed by atoms with van der Waals surface area (Å²) in [5, 5.41) is 2.49. The second-order valence-corrected chi connectivity index (χ2v) is 12.9. The number of benzene rings is 2. The van der Waals surface area contributed by atoms with Crippen molar-refractivity contribution in [1.82, 2.24) is 9.71 Å². The van der Waals surface area contributed by atoms with Crippen LogP contribution in [0.3, 0.4) is 0 Å². The van der Waals surface area contributed by atoms with E-state index in [-0.39, 0.29) is 34.5 Å². The molecule has 1 aromatic heterocycles. The van der Waals surface area contributed by atoms with Crippen LogP contribution in [0.2, 0.25) is 0 Å². The van der Waals surface area contributed by atoms with Gasteiger partial charge in [-0.2, -0.15) is 0 Å². The lowest BCUT2D eigenvalue weighted by molar-refractivity contribution is 0.234. The van der Waals surface area contributed by atoms with Gasteiger partial charge in [0.2, 0.25) is 10.0 Å². The normalized spacial score (nSPS) is 18.2. The van der Waals surface area contributed by atoms with Crippen LogP contribution in [-0.4, -0.2) is 60.0 Å². The van der Waals surface area contributed by atoms with Crippen LogP contribution in [-0.2, 0) is 19.9 Å². The maximum absolute atomic E-state index is 13.0. The van der Waals surface area contributed by atoms with E-state index in [1.807, 2.05) is 19.1 Å². The van der Waals surface area contributed by atoms with Gasteiger partial charge in [-0.1, -0.05) is 18.2 Å². The molecule has 1 saturated carbocycles. The Balaban J connectivity index is 1.34. The number of hydrogen-bond acceptors (Lipinski definition) is 9. The van der Waals surface area contributed by atoms with Gasteiger partial charge in [-0.25, -0.2) is 26.5 Å². The van der Waals surface area contributed by atoms with Gasteiger partial charge in [0.25, 0.3) is 0 Å². The molecule has 0 bridgehead atoms. The summed E-state index contributed by atoms with van der Waals surface area (Å²) in [4.78, 5) is 4.41. The summed E-state index contributed by atoms with van der Waals surface area (Å²) in [6.45, 7) is 2.27. The van der Waals surface area contributed by atoms with E-state index in [0.717, 1.165) is 5.75 Å². The minimum atomic E-state index is -3.93.